The van der Waals surface area contributed by atoms with Crippen LogP contribution in [0.2, 0.25) is 0 Å². The Bertz CT molecular complexity index is 1590. The molecule has 1 saturated heterocycles. The van der Waals surface area contributed by atoms with Crippen molar-refractivity contribution in [2.75, 3.05) is 25.1 Å². The van der Waals surface area contributed by atoms with Crippen molar-refractivity contribution in [3.05, 3.63) is 18.2 Å². The number of carbonyl (C=O) groups excluding carboxylic acids is 4. The molecule has 0 aromatic carbocycles. The lowest BCUT2D eigenvalue weighted by Crippen LogP contribution is -2.49. The van der Waals surface area contributed by atoms with Gasteiger partial charge in [0.1, 0.15) is 54.5 Å². The van der Waals surface area contributed by atoms with E-state index in [2.05, 4.69) is 21.0 Å². The molecule has 0 saturated carbocycles. The fraction of sp³-hybridized carbons (Fsp3) is 0.667. The van der Waals surface area contributed by atoms with Crippen molar-refractivity contribution >= 4 is 65.5 Å². The number of aliphatic carboxylic acids is 5. The molecule has 1 aromatic heterocycles. The van der Waals surface area contributed by atoms with Crippen molar-refractivity contribution in [3.63, 3.8) is 0 Å². The van der Waals surface area contributed by atoms with Crippen LogP contribution in [0.3, 0.4) is 0 Å². The molecule has 27 nitrogen and oxygen atoms in total. The second-order valence-corrected chi connectivity index (χ2v) is 15.0. The largest absolute Gasteiger partial charge is 0.481 e. The van der Waals surface area contributed by atoms with Crippen LogP contribution in [0.5, 0.6) is 0 Å². The highest BCUT2D eigenvalue weighted by Gasteiger charge is 2.32. The molecule has 9 atom stereocenters. The van der Waals surface area contributed by atoms with Crippen LogP contribution in [-0.4, -0.2) is 169 Å². The quantitative estimate of drug-likeness (QED) is 0.0318. The number of aromatic amines is 1. The molecular weight excluding hydrogens is 877 g/mol. The van der Waals surface area contributed by atoms with Gasteiger partial charge in [0.2, 0.25) is 0 Å². The van der Waals surface area contributed by atoms with Crippen LogP contribution in [0.25, 0.3) is 0 Å². The number of thioether (sulfide) groups is 1. The minimum atomic E-state index is -1.37. The highest BCUT2D eigenvalue weighted by atomic mass is 32.2. The smallest absolute Gasteiger partial charge is 0.330 e. The van der Waals surface area contributed by atoms with Gasteiger partial charge in [-0.3, -0.25) is 33.6 Å². The Morgan fingerprint density at radius 2 is 1.28 bits per heavy atom. The first-order chi connectivity index (χ1) is 29.6. The second kappa shape index (κ2) is 35.1. The molecule has 0 bridgehead atoms. The first-order valence-corrected chi connectivity index (χ1v) is 20.7. The Balaban J connectivity index is -0.000000787. The average Bonchev–Trinajstić information content (AvgIpc) is 3.95. The van der Waals surface area contributed by atoms with Crippen LogP contribution in [0.1, 0.15) is 65.5 Å². The standard InChI is InChI=1S/C14H27N3O6.C10H18N2O3S.C6H9N3O2.C4H7NO4.C2H5NO2/c1-6(2)5-9(15)13(20)22-8(4)11(17)14(21)23-7(3)10(16)12(18)19;1-16-6-4-7(11)9(13)15-10(14)8-3-2-5-12-8;7-5(6(10)11)1-4-2-8-3-9-4;5-2(4(8)9)1-3(6)7;3-1-2(4)5/h6-11H,5,15-17H2,1-4H3,(H,18,19);7-8,12H,2-6,11H2,1H3;2-3,5H,1,7H2,(H,8,9)(H,10,11);2H,1,5H2,(H,6,7)(H,8,9);1,3H2,(H,4,5)/t7-,8-,9+,10+,11+;7-,8-;5-;2-;/m1000./s1. The molecule has 2 heterocycles. The minimum Gasteiger partial charge on any atom is -0.481 e. The summed E-state index contributed by atoms with van der Waals surface area (Å²) in [6.45, 7) is 7.10. The molecule has 368 valence electrons. The number of aromatic nitrogens is 2. The van der Waals surface area contributed by atoms with Gasteiger partial charge in [-0.05, 0) is 64.0 Å². The van der Waals surface area contributed by atoms with Crippen molar-refractivity contribution in [2.24, 2.45) is 46.1 Å². The highest BCUT2D eigenvalue weighted by Crippen LogP contribution is 2.10. The summed E-state index contributed by atoms with van der Waals surface area (Å²) in [7, 11) is 0. The molecule has 0 spiro atoms. The topological polar surface area (TPSA) is 505 Å². The van der Waals surface area contributed by atoms with Crippen LogP contribution in [0.4, 0.5) is 0 Å². The van der Waals surface area contributed by atoms with Crippen LogP contribution < -0.4 is 45.5 Å². The van der Waals surface area contributed by atoms with Gasteiger partial charge < -0.3 is 90.2 Å². The summed E-state index contributed by atoms with van der Waals surface area (Å²) in [5.41, 5.74) is 37.7. The molecule has 0 radical (unpaired) electrons. The molecule has 1 fully saturated rings. The maximum absolute atomic E-state index is 11.8. The summed E-state index contributed by atoms with van der Waals surface area (Å²) >= 11 is 1.61. The number of carboxylic acid groups (broad SMARTS) is 5. The summed E-state index contributed by atoms with van der Waals surface area (Å²) in [6.07, 6.45) is 5.33. The maximum Gasteiger partial charge on any atom is 0.330 e. The molecule has 1 aliphatic heterocycles. The van der Waals surface area contributed by atoms with Gasteiger partial charge >= 0.3 is 53.7 Å². The van der Waals surface area contributed by atoms with Gasteiger partial charge in [0, 0.05) is 18.3 Å². The van der Waals surface area contributed by atoms with E-state index in [1.54, 1.807) is 18.0 Å². The molecule has 1 aromatic rings. The number of hydrogen-bond acceptors (Lipinski definition) is 22. The van der Waals surface area contributed by atoms with E-state index in [-0.39, 0.29) is 24.9 Å². The number of hydrogen-bond donors (Lipinski definition) is 14. The van der Waals surface area contributed by atoms with E-state index in [1.165, 1.54) is 20.2 Å². The molecule has 1 aliphatic rings. The lowest BCUT2D eigenvalue weighted by molar-refractivity contribution is -0.163. The number of esters is 4. The maximum atomic E-state index is 11.8. The Morgan fingerprint density at radius 3 is 1.67 bits per heavy atom. The SMILES string of the molecule is CC(C)C[C@H](N)C(=O)O[C@H](C)[C@H](N)C(=O)O[C@H](C)[C@H](N)C(=O)O.CSCC[C@H](N)C(=O)OC(=O)[C@@H]1CCCN1.NCC(=O)O.N[C@@H](CC(=O)O)C(=O)O.N[C@@H](Cc1cnc[nH]1)C(=O)O. The first-order valence-electron chi connectivity index (χ1n) is 19.3. The monoisotopic (exact) mass is 942 g/mol. The Morgan fingerprint density at radius 1 is 0.750 bits per heavy atom. The van der Waals surface area contributed by atoms with Gasteiger partial charge in [0.05, 0.1) is 19.3 Å². The third-order valence-corrected chi connectivity index (χ3v) is 8.52. The number of H-pyrrole nitrogens is 1. The number of nitrogens with two attached hydrogens (primary N) is 7. The summed E-state index contributed by atoms with van der Waals surface area (Å²) in [5, 5.41) is 43.8. The molecule has 28 heteroatoms. The van der Waals surface area contributed by atoms with Crippen molar-refractivity contribution in [1.82, 2.24) is 15.3 Å². The average molecular weight is 943 g/mol. The fourth-order valence-electron chi connectivity index (χ4n) is 4.17. The zero-order valence-electron chi connectivity index (χ0n) is 36.3. The molecule has 0 amide bonds. The zero-order valence-corrected chi connectivity index (χ0v) is 37.1. The van der Waals surface area contributed by atoms with Gasteiger partial charge in [-0.1, -0.05) is 13.8 Å². The summed E-state index contributed by atoms with van der Waals surface area (Å²) in [4.78, 5) is 103. The predicted molar refractivity (Wildman–Crippen MR) is 228 cm³/mol. The number of ether oxygens (including phenoxy) is 3. The van der Waals surface area contributed by atoms with Gasteiger partial charge in [-0.15, -0.1) is 0 Å². The normalized spacial score (nSPS) is 16.4. The number of rotatable bonds is 21. The Labute approximate surface area is 373 Å². The predicted octanol–water partition coefficient (Wildman–Crippen LogP) is -3.88. The minimum absolute atomic E-state index is 0.213. The van der Waals surface area contributed by atoms with Crippen molar-refractivity contribution in [2.45, 2.75) is 121 Å². The van der Waals surface area contributed by atoms with Crippen LogP contribution in [-0.2, 0) is 63.8 Å². The van der Waals surface area contributed by atoms with Gasteiger partial charge in [-0.2, -0.15) is 11.8 Å². The van der Waals surface area contributed by atoms with E-state index in [4.69, 9.17) is 74.1 Å². The summed E-state index contributed by atoms with van der Waals surface area (Å²) < 4.78 is 14.6. The molecular formula is C36H66N10O17S. The molecule has 0 unspecified atom stereocenters. The number of carboxylic acids is 5. The van der Waals surface area contributed by atoms with E-state index < -0.39 is 109 Å². The third-order valence-electron chi connectivity index (χ3n) is 7.88. The van der Waals surface area contributed by atoms with Crippen LogP contribution >= 0.6 is 11.8 Å². The number of nitrogens with one attached hydrogen (secondary N) is 2. The van der Waals surface area contributed by atoms with E-state index in [0.29, 0.717) is 12.8 Å². The van der Waals surface area contributed by atoms with Crippen molar-refractivity contribution in [1.29, 1.82) is 0 Å². The lowest BCUT2D eigenvalue weighted by atomic mass is 10.0. The lowest BCUT2D eigenvalue weighted by Gasteiger charge is -2.24. The van der Waals surface area contributed by atoms with Gasteiger partial charge in [0.15, 0.2) is 0 Å². The molecule has 0 aliphatic carbocycles. The Kier molecular flexibility index (Phi) is 34.5. The number of nitrogens with zero attached hydrogens (tertiary/aromatic N) is 1. The molecule has 21 N–H and O–H groups in total. The third kappa shape index (κ3) is 31.5. The number of carbonyl (C=O) groups is 9. The Hall–Kier alpha value is -5.33. The van der Waals surface area contributed by atoms with Crippen LogP contribution in [0.15, 0.2) is 12.5 Å². The van der Waals surface area contributed by atoms with E-state index in [0.717, 1.165) is 30.8 Å². The zero-order chi connectivity index (χ0) is 50.3. The first kappa shape index (κ1) is 63.0. The molecule has 2 rings (SSSR count). The van der Waals surface area contributed by atoms with E-state index >= 15 is 0 Å². The van der Waals surface area contributed by atoms with Gasteiger partial charge in [-0.25, -0.2) is 14.6 Å². The van der Waals surface area contributed by atoms with Crippen LogP contribution in [0, 0.1) is 5.92 Å². The van der Waals surface area contributed by atoms with Crippen molar-refractivity contribution in [3.8, 4) is 0 Å². The highest BCUT2D eigenvalue weighted by molar-refractivity contribution is 7.98. The van der Waals surface area contributed by atoms with Gasteiger partial charge in [0.25, 0.3) is 0 Å². The summed E-state index contributed by atoms with van der Waals surface area (Å²) in [6, 6.07) is -6.62. The fourth-order valence-corrected chi connectivity index (χ4v) is 4.66. The second-order valence-electron chi connectivity index (χ2n) is 14.1. The number of imidazole rings is 1. The van der Waals surface area contributed by atoms with E-state index in [9.17, 15) is 43.2 Å². The van der Waals surface area contributed by atoms with Crippen molar-refractivity contribution < 1.29 is 82.9 Å². The molecule has 64 heavy (non-hydrogen) atoms. The van der Waals surface area contributed by atoms with E-state index in [1.807, 2.05) is 20.1 Å². The summed E-state index contributed by atoms with van der Waals surface area (Å²) in [5.74, 6) is -7.46.